The minimum Gasteiger partial charge on any atom is -0.384 e. The summed E-state index contributed by atoms with van der Waals surface area (Å²) in [6, 6.07) is 0.169. The summed E-state index contributed by atoms with van der Waals surface area (Å²) in [6.07, 6.45) is 3.28. The highest BCUT2D eigenvalue weighted by Crippen LogP contribution is 2.28. The van der Waals surface area contributed by atoms with E-state index in [2.05, 4.69) is 23.8 Å². The van der Waals surface area contributed by atoms with Crippen LogP contribution in [0.1, 0.15) is 31.0 Å². The zero-order valence-electron chi connectivity index (χ0n) is 13.2. The van der Waals surface area contributed by atoms with Gasteiger partial charge in [-0.05, 0) is 39.0 Å². The molecule has 5 heteroatoms. The first-order valence-electron chi connectivity index (χ1n) is 7.54. The van der Waals surface area contributed by atoms with Crippen LogP contribution < -0.4 is 10.6 Å². The summed E-state index contributed by atoms with van der Waals surface area (Å²) in [7, 11) is 3.83. The van der Waals surface area contributed by atoms with Crippen LogP contribution in [0.25, 0.3) is 0 Å². The van der Waals surface area contributed by atoms with E-state index in [1.165, 1.54) is 24.2 Å². The molecule has 1 aromatic heterocycles. The van der Waals surface area contributed by atoms with Gasteiger partial charge in [0.15, 0.2) is 0 Å². The van der Waals surface area contributed by atoms with Crippen LogP contribution >= 0.6 is 0 Å². The van der Waals surface area contributed by atoms with Crippen molar-refractivity contribution in [2.75, 3.05) is 31.7 Å². The minimum atomic E-state index is 0.169. The van der Waals surface area contributed by atoms with E-state index >= 15 is 0 Å². The first-order chi connectivity index (χ1) is 9.52. The molecule has 2 rings (SSSR count). The predicted octanol–water partition coefficient (Wildman–Crippen LogP) is 1.48. The molecule has 114 valence electrons. The van der Waals surface area contributed by atoms with Crippen molar-refractivity contribution in [3.8, 4) is 0 Å². The molecule has 2 heterocycles. The molecule has 2 N–H and O–H groups in total. The molecule has 1 fully saturated rings. The average Bonchev–Trinajstić information content (AvgIpc) is 2.65. The summed E-state index contributed by atoms with van der Waals surface area (Å²) < 4.78 is 7.29. The molecular weight excluding hydrogens is 252 g/mol. The number of nitrogens with two attached hydrogens (primary N) is 1. The largest absolute Gasteiger partial charge is 0.384 e. The number of hydrogen-bond acceptors (Lipinski definition) is 4. The van der Waals surface area contributed by atoms with Crippen LogP contribution in [0.4, 0.5) is 5.82 Å². The van der Waals surface area contributed by atoms with E-state index in [9.17, 15) is 0 Å². The lowest BCUT2D eigenvalue weighted by molar-refractivity contribution is 0.139. The van der Waals surface area contributed by atoms with Crippen LogP contribution in [-0.2, 0) is 18.2 Å². The Kier molecular flexibility index (Phi) is 5.05. The third kappa shape index (κ3) is 3.33. The number of nitrogens with zero attached hydrogens (tertiary/aromatic N) is 3. The normalized spacial score (nSPS) is 18.6. The van der Waals surface area contributed by atoms with Crippen molar-refractivity contribution in [1.82, 2.24) is 9.78 Å². The van der Waals surface area contributed by atoms with Crippen LogP contribution in [0.15, 0.2) is 0 Å². The second kappa shape index (κ2) is 6.59. The van der Waals surface area contributed by atoms with Gasteiger partial charge in [0.25, 0.3) is 0 Å². The zero-order chi connectivity index (χ0) is 14.7. The molecule has 0 radical (unpaired) electrons. The van der Waals surface area contributed by atoms with Gasteiger partial charge in [0.2, 0.25) is 0 Å². The maximum Gasteiger partial charge on any atom is 0.130 e. The second-order valence-electron chi connectivity index (χ2n) is 6.08. The van der Waals surface area contributed by atoms with E-state index in [1.54, 1.807) is 7.11 Å². The van der Waals surface area contributed by atoms with Crippen molar-refractivity contribution in [3.05, 3.63) is 11.3 Å². The lowest BCUT2D eigenvalue weighted by Crippen LogP contribution is -2.37. The number of methoxy groups -OCH3 is 1. The van der Waals surface area contributed by atoms with Gasteiger partial charge in [-0.3, -0.25) is 4.68 Å². The van der Waals surface area contributed by atoms with Gasteiger partial charge < -0.3 is 15.4 Å². The Hall–Kier alpha value is -1.07. The first kappa shape index (κ1) is 15.3. The van der Waals surface area contributed by atoms with E-state index in [0.29, 0.717) is 5.92 Å². The average molecular weight is 280 g/mol. The summed E-state index contributed by atoms with van der Waals surface area (Å²) in [5, 5.41) is 4.59. The second-order valence-corrected chi connectivity index (χ2v) is 6.08. The van der Waals surface area contributed by atoms with Crippen molar-refractivity contribution in [3.63, 3.8) is 0 Å². The van der Waals surface area contributed by atoms with Crippen LogP contribution in [0.5, 0.6) is 0 Å². The number of hydrogen-bond donors (Lipinski definition) is 1. The summed E-state index contributed by atoms with van der Waals surface area (Å²) >= 11 is 0. The van der Waals surface area contributed by atoms with Gasteiger partial charge in [0.1, 0.15) is 5.82 Å². The summed E-state index contributed by atoms with van der Waals surface area (Å²) in [5.41, 5.74) is 8.41. The molecule has 1 unspecified atom stereocenters. The lowest BCUT2D eigenvalue weighted by Gasteiger charge is -2.34. The predicted molar refractivity (Wildman–Crippen MR) is 82.1 cm³/mol. The molecule has 1 saturated heterocycles. The van der Waals surface area contributed by atoms with Crippen molar-refractivity contribution >= 4 is 5.82 Å². The Balaban J connectivity index is 2.13. The first-order valence-corrected chi connectivity index (χ1v) is 7.54. The fraction of sp³-hybridized carbons (Fsp3) is 0.800. The number of piperidine rings is 1. The highest BCUT2D eigenvalue weighted by atomic mass is 16.5. The fourth-order valence-electron chi connectivity index (χ4n) is 3.19. The molecule has 0 aromatic carbocycles. The Morgan fingerprint density at radius 3 is 2.60 bits per heavy atom. The number of anilines is 1. The van der Waals surface area contributed by atoms with Gasteiger partial charge in [-0.25, -0.2) is 0 Å². The van der Waals surface area contributed by atoms with E-state index in [-0.39, 0.29) is 6.04 Å². The van der Waals surface area contributed by atoms with Gasteiger partial charge in [0, 0.05) is 45.5 Å². The van der Waals surface area contributed by atoms with Crippen LogP contribution in [0.2, 0.25) is 0 Å². The molecule has 1 aliphatic heterocycles. The summed E-state index contributed by atoms with van der Waals surface area (Å²) in [5.74, 6) is 1.96. The quantitative estimate of drug-likeness (QED) is 0.887. The Labute approximate surface area is 122 Å². The molecule has 1 aromatic rings. The van der Waals surface area contributed by atoms with Gasteiger partial charge in [0.05, 0.1) is 5.69 Å². The van der Waals surface area contributed by atoms with E-state index in [0.717, 1.165) is 31.8 Å². The van der Waals surface area contributed by atoms with Crippen molar-refractivity contribution < 1.29 is 4.74 Å². The molecule has 20 heavy (non-hydrogen) atoms. The van der Waals surface area contributed by atoms with E-state index < -0.39 is 0 Å². The van der Waals surface area contributed by atoms with E-state index in [4.69, 9.17) is 10.5 Å². The molecule has 0 amide bonds. The maximum atomic E-state index is 5.99. The maximum absolute atomic E-state index is 5.99. The molecule has 0 aliphatic carbocycles. The topological polar surface area (TPSA) is 56.3 Å². The third-order valence-electron chi connectivity index (χ3n) is 4.16. The van der Waals surface area contributed by atoms with Crippen LogP contribution in [0, 0.1) is 12.8 Å². The number of rotatable bonds is 5. The molecule has 0 saturated carbocycles. The molecule has 1 aliphatic rings. The van der Waals surface area contributed by atoms with E-state index in [1.807, 2.05) is 11.7 Å². The summed E-state index contributed by atoms with van der Waals surface area (Å²) in [4.78, 5) is 2.46. The fourth-order valence-corrected chi connectivity index (χ4v) is 3.19. The Morgan fingerprint density at radius 2 is 2.05 bits per heavy atom. The van der Waals surface area contributed by atoms with Crippen molar-refractivity contribution in [2.24, 2.45) is 18.7 Å². The lowest BCUT2D eigenvalue weighted by atomic mass is 9.97. The van der Waals surface area contributed by atoms with Gasteiger partial charge >= 0.3 is 0 Å². The third-order valence-corrected chi connectivity index (χ3v) is 4.16. The van der Waals surface area contributed by atoms with Crippen molar-refractivity contribution in [1.29, 1.82) is 0 Å². The minimum absolute atomic E-state index is 0.169. The number of aromatic nitrogens is 2. The van der Waals surface area contributed by atoms with Crippen LogP contribution in [0.3, 0.4) is 0 Å². The van der Waals surface area contributed by atoms with Crippen molar-refractivity contribution in [2.45, 2.75) is 39.2 Å². The van der Waals surface area contributed by atoms with Gasteiger partial charge in [-0.15, -0.1) is 0 Å². The molecular formula is C15H28N4O. The number of aryl methyl sites for hydroxylation is 2. The van der Waals surface area contributed by atoms with Gasteiger partial charge in [-0.2, -0.15) is 5.10 Å². The highest BCUT2D eigenvalue weighted by Gasteiger charge is 2.25. The molecule has 0 spiro atoms. The zero-order valence-corrected chi connectivity index (χ0v) is 13.2. The summed E-state index contributed by atoms with van der Waals surface area (Å²) in [6.45, 7) is 7.18. The smallest absolute Gasteiger partial charge is 0.130 e. The molecule has 5 nitrogen and oxygen atoms in total. The standard InChI is InChI=1S/C15H28N4O/c1-11(16)9-14-12(2)17-18(3)15(14)19-7-5-13(6-8-19)10-20-4/h11,13H,5-10,16H2,1-4H3. The Bertz CT molecular complexity index is 433. The molecule has 0 bridgehead atoms. The number of ether oxygens (including phenoxy) is 1. The monoisotopic (exact) mass is 280 g/mol. The van der Waals surface area contributed by atoms with Gasteiger partial charge in [-0.1, -0.05) is 0 Å². The van der Waals surface area contributed by atoms with Crippen LogP contribution in [-0.4, -0.2) is 42.6 Å². The SMILES string of the molecule is COCC1CCN(c2c(CC(C)N)c(C)nn2C)CC1. The highest BCUT2D eigenvalue weighted by molar-refractivity contribution is 5.51. The Morgan fingerprint density at radius 1 is 1.40 bits per heavy atom. The molecule has 1 atom stereocenters.